The molecule has 2 N–H and O–H groups in total. The first-order valence-corrected chi connectivity index (χ1v) is 6.71. The van der Waals surface area contributed by atoms with E-state index < -0.39 is 0 Å². The van der Waals surface area contributed by atoms with Crippen molar-refractivity contribution in [2.75, 3.05) is 13.1 Å². The molecule has 0 bridgehead atoms. The molecule has 0 spiro atoms. The molecule has 0 aliphatic heterocycles. The second kappa shape index (κ2) is 6.01. The number of carbonyl (C=O) groups is 1. The van der Waals surface area contributed by atoms with Crippen LogP contribution < -0.4 is 10.6 Å². The Labute approximate surface area is 109 Å². The number of aryl methyl sites for hydroxylation is 2. The van der Waals surface area contributed by atoms with Crippen molar-refractivity contribution in [3.8, 4) is 0 Å². The first-order chi connectivity index (χ1) is 8.65. The molecule has 1 aliphatic carbocycles. The van der Waals surface area contributed by atoms with Crippen molar-refractivity contribution < 1.29 is 4.79 Å². The summed E-state index contributed by atoms with van der Waals surface area (Å²) in [6.07, 6.45) is 3.34. The molecule has 1 aliphatic rings. The van der Waals surface area contributed by atoms with Crippen molar-refractivity contribution in [3.05, 3.63) is 34.9 Å². The highest BCUT2D eigenvalue weighted by atomic mass is 16.1. The summed E-state index contributed by atoms with van der Waals surface area (Å²) >= 11 is 0. The summed E-state index contributed by atoms with van der Waals surface area (Å²) in [6.45, 7) is 5.40. The minimum atomic E-state index is 0.103. The Morgan fingerprint density at radius 1 is 1.33 bits per heavy atom. The zero-order valence-corrected chi connectivity index (χ0v) is 11.3. The molecule has 0 radical (unpaired) electrons. The van der Waals surface area contributed by atoms with Gasteiger partial charge in [-0.05, 0) is 44.2 Å². The number of carbonyl (C=O) groups excluding carboxylic acids is 1. The Morgan fingerprint density at radius 2 is 2.11 bits per heavy atom. The number of rotatable bonds is 6. The van der Waals surface area contributed by atoms with Crippen LogP contribution in [0.1, 0.15) is 29.5 Å². The minimum Gasteiger partial charge on any atom is -0.355 e. The quantitative estimate of drug-likeness (QED) is 0.802. The number of amides is 1. The molecule has 0 atom stereocenters. The molecular formula is C15H22N2O. The number of hydrogen-bond acceptors (Lipinski definition) is 2. The summed E-state index contributed by atoms with van der Waals surface area (Å²) in [6, 6.07) is 7.05. The molecule has 3 nitrogen and oxygen atoms in total. The monoisotopic (exact) mass is 246 g/mol. The Kier molecular flexibility index (Phi) is 4.37. The van der Waals surface area contributed by atoms with E-state index in [0.717, 1.165) is 13.0 Å². The Balaban J connectivity index is 1.68. The fourth-order valence-electron chi connectivity index (χ4n) is 2.05. The first-order valence-electron chi connectivity index (χ1n) is 6.71. The molecule has 18 heavy (non-hydrogen) atoms. The van der Waals surface area contributed by atoms with Crippen molar-refractivity contribution >= 4 is 5.91 Å². The summed E-state index contributed by atoms with van der Waals surface area (Å²) in [5.41, 5.74) is 3.91. The van der Waals surface area contributed by atoms with Gasteiger partial charge in [0, 0.05) is 12.6 Å². The average molecular weight is 246 g/mol. The van der Waals surface area contributed by atoms with Crippen LogP contribution in [-0.4, -0.2) is 25.0 Å². The zero-order chi connectivity index (χ0) is 13.0. The van der Waals surface area contributed by atoms with Crippen LogP contribution in [-0.2, 0) is 11.2 Å². The zero-order valence-electron chi connectivity index (χ0n) is 11.3. The highest BCUT2D eigenvalue weighted by Crippen LogP contribution is 2.17. The second-order valence-electron chi connectivity index (χ2n) is 5.19. The van der Waals surface area contributed by atoms with Crippen molar-refractivity contribution in [2.24, 2.45) is 0 Å². The van der Waals surface area contributed by atoms with E-state index in [-0.39, 0.29) is 5.91 Å². The molecule has 1 aromatic rings. The largest absolute Gasteiger partial charge is 0.355 e. The van der Waals surface area contributed by atoms with Gasteiger partial charge in [-0.1, -0.05) is 23.8 Å². The maximum Gasteiger partial charge on any atom is 0.233 e. The van der Waals surface area contributed by atoms with E-state index in [0.29, 0.717) is 12.6 Å². The minimum absolute atomic E-state index is 0.103. The molecule has 3 heteroatoms. The van der Waals surface area contributed by atoms with Gasteiger partial charge in [-0.25, -0.2) is 0 Å². The summed E-state index contributed by atoms with van der Waals surface area (Å²) in [4.78, 5) is 11.5. The average Bonchev–Trinajstić information content (AvgIpc) is 3.13. The van der Waals surface area contributed by atoms with Crippen molar-refractivity contribution in [1.29, 1.82) is 0 Å². The van der Waals surface area contributed by atoms with Crippen molar-refractivity contribution in [2.45, 2.75) is 39.2 Å². The lowest BCUT2D eigenvalue weighted by atomic mass is 10.0. The Bertz CT molecular complexity index is 425. The van der Waals surface area contributed by atoms with E-state index in [2.05, 4.69) is 42.7 Å². The van der Waals surface area contributed by atoms with Crippen LogP contribution in [0.15, 0.2) is 18.2 Å². The smallest absolute Gasteiger partial charge is 0.233 e. The highest BCUT2D eigenvalue weighted by Gasteiger charge is 2.20. The van der Waals surface area contributed by atoms with Crippen LogP contribution in [0.4, 0.5) is 0 Å². The second-order valence-corrected chi connectivity index (χ2v) is 5.19. The lowest BCUT2D eigenvalue weighted by Gasteiger charge is -2.08. The van der Waals surface area contributed by atoms with Crippen LogP contribution in [0.2, 0.25) is 0 Å². The molecule has 1 saturated carbocycles. The van der Waals surface area contributed by atoms with Gasteiger partial charge in [-0.3, -0.25) is 4.79 Å². The maximum atomic E-state index is 11.5. The molecule has 0 heterocycles. The summed E-state index contributed by atoms with van der Waals surface area (Å²) in [5, 5.41) is 6.17. The topological polar surface area (TPSA) is 41.1 Å². The van der Waals surface area contributed by atoms with Crippen LogP contribution in [0.25, 0.3) is 0 Å². The molecule has 0 unspecified atom stereocenters. The fraction of sp³-hybridized carbons (Fsp3) is 0.533. The number of nitrogens with one attached hydrogen (secondary N) is 2. The molecule has 98 valence electrons. The third kappa shape index (κ3) is 4.15. The van der Waals surface area contributed by atoms with Gasteiger partial charge in [0.2, 0.25) is 5.91 Å². The summed E-state index contributed by atoms with van der Waals surface area (Å²) < 4.78 is 0. The van der Waals surface area contributed by atoms with E-state index in [9.17, 15) is 4.79 Å². The van der Waals surface area contributed by atoms with Gasteiger partial charge in [0.25, 0.3) is 0 Å². The van der Waals surface area contributed by atoms with Crippen LogP contribution >= 0.6 is 0 Å². The van der Waals surface area contributed by atoms with E-state index in [4.69, 9.17) is 0 Å². The SMILES string of the molecule is Cc1ccc(CCNC(=O)CNC2CC2)c(C)c1. The fourth-order valence-corrected chi connectivity index (χ4v) is 2.05. The van der Waals surface area contributed by atoms with Gasteiger partial charge >= 0.3 is 0 Å². The summed E-state index contributed by atoms with van der Waals surface area (Å²) in [7, 11) is 0. The lowest BCUT2D eigenvalue weighted by Crippen LogP contribution is -2.35. The van der Waals surface area contributed by atoms with Gasteiger partial charge in [-0.2, -0.15) is 0 Å². The Morgan fingerprint density at radius 3 is 2.78 bits per heavy atom. The lowest BCUT2D eigenvalue weighted by molar-refractivity contribution is -0.120. The predicted molar refractivity (Wildman–Crippen MR) is 73.7 cm³/mol. The highest BCUT2D eigenvalue weighted by molar-refractivity contribution is 5.78. The third-order valence-corrected chi connectivity index (χ3v) is 3.34. The molecule has 1 aromatic carbocycles. The normalized spacial score (nSPS) is 14.6. The van der Waals surface area contributed by atoms with Crippen LogP contribution in [0.3, 0.4) is 0 Å². The van der Waals surface area contributed by atoms with Crippen molar-refractivity contribution in [3.63, 3.8) is 0 Å². The number of hydrogen-bond donors (Lipinski definition) is 2. The molecular weight excluding hydrogens is 224 g/mol. The van der Waals surface area contributed by atoms with E-state index in [1.165, 1.54) is 29.5 Å². The molecule has 1 amide bonds. The van der Waals surface area contributed by atoms with E-state index in [1.54, 1.807) is 0 Å². The molecule has 0 aromatic heterocycles. The Hall–Kier alpha value is -1.35. The first kappa shape index (κ1) is 13.1. The van der Waals surface area contributed by atoms with E-state index >= 15 is 0 Å². The molecule has 1 fully saturated rings. The van der Waals surface area contributed by atoms with Gasteiger partial charge in [0.1, 0.15) is 0 Å². The van der Waals surface area contributed by atoms with Gasteiger partial charge in [-0.15, -0.1) is 0 Å². The van der Waals surface area contributed by atoms with Crippen LogP contribution in [0, 0.1) is 13.8 Å². The van der Waals surface area contributed by atoms with Gasteiger partial charge < -0.3 is 10.6 Å². The molecule has 2 rings (SSSR count). The molecule has 0 saturated heterocycles. The third-order valence-electron chi connectivity index (χ3n) is 3.34. The van der Waals surface area contributed by atoms with Crippen molar-refractivity contribution in [1.82, 2.24) is 10.6 Å². The predicted octanol–water partition coefficient (Wildman–Crippen LogP) is 1.71. The van der Waals surface area contributed by atoms with Gasteiger partial charge in [0.15, 0.2) is 0 Å². The van der Waals surface area contributed by atoms with Crippen LogP contribution in [0.5, 0.6) is 0 Å². The summed E-state index contributed by atoms with van der Waals surface area (Å²) in [5.74, 6) is 0.103. The standard InChI is InChI=1S/C15H22N2O/c1-11-3-4-13(12(2)9-11)7-8-16-15(18)10-17-14-5-6-14/h3-4,9,14,17H,5-8,10H2,1-2H3,(H,16,18). The number of benzene rings is 1. The van der Waals surface area contributed by atoms with E-state index in [1.807, 2.05) is 0 Å². The maximum absolute atomic E-state index is 11.5. The van der Waals surface area contributed by atoms with Gasteiger partial charge in [0.05, 0.1) is 6.54 Å².